The third-order valence-electron chi connectivity index (χ3n) is 16.3. The van der Waals surface area contributed by atoms with Crippen LogP contribution >= 0.6 is 0 Å². The van der Waals surface area contributed by atoms with Gasteiger partial charge in [-0.2, -0.15) is 0 Å². The molecule has 0 saturated carbocycles. The molecule has 0 aliphatic rings. The number of hydrogen-bond donors (Lipinski definition) is 3. The summed E-state index contributed by atoms with van der Waals surface area (Å²) in [5.41, 5.74) is 0. The van der Waals surface area contributed by atoms with Gasteiger partial charge in [0.1, 0.15) is 0 Å². The molecule has 0 rings (SSSR count). The number of amides is 1. The Morgan fingerprint density at radius 1 is 0.360 bits per heavy atom. The number of unbranched alkanes of at least 4 members (excludes halogenated alkanes) is 52. The SMILES string of the molecule is CCCCCCCCCCCCCCCCCCCCCCCC(O)C(CO)NC(=O)CCCCCCCCC/C=C\CCCCCCCCCCCCOC(=O)CCCCCCCCCCCCCCCCCC. The van der Waals surface area contributed by atoms with Gasteiger partial charge in [-0.15, -0.1) is 0 Å². The average Bonchev–Trinajstić information content (AvgIpc) is 3.41. The van der Waals surface area contributed by atoms with E-state index < -0.39 is 12.1 Å². The zero-order valence-corrected chi connectivity index (χ0v) is 51.1. The van der Waals surface area contributed by atoms with Crippen LogP contribution in [0.2, 0.25) is 0 Å². The number of nitrogens with one attached hydrogen (secondary N) is 1. The maximum absolute atomic E-state index is 12.5. The molecule has 0 radical (unpaired) electrons. The first-order valence-electron chi connectivity index (χ1n) is 34.4. The van der Waals surface area contributed by atoms with Crippen molar-refractivity contribution in [3.63, 3.8) is 0 Å². The van der Waals surface area contributed by atoms with Crippen molar-refractivity contribution in [2.45, 2.75) is 405 Å². The van der Waals surface area contributed by atoms with Gasteiger partial charge in [-0.25, -0.2) is 0 Å². The fourth-order valence-corrected chi connectivity index (χ4v) is 11.1. The maximum Gasteiger partial charge on any atom is 0.305 e. The second kappa shape index (κ2) is 65.1. The molecule has 0 bridgehead atoms. The molecule has 0 fully saturated rings. The van der Waals surface area contributed by atoms with Crippen molar-refractivity contribution in [2.24, 2.45) is 0 Å². The molecule has 2 unspecified atom stereocenters. The summed E-state index contributed by atoms with van der Waals surface area (Å²) < 4.78 is 5.50. The summed E-state index contributed by atoms with van der Waals surface area (Å²) >= 11 is 0. The first-order valence-corrected chi connectivity index (χ1v) is 34.4. The molecule has 0 aromatic heterocycles. The number of rotatable bonds is 65. The molecule has 3 N–H and O–H groups in total. The van der Waals surface area contributed by atoms with E-state index in [0.717, 1.165) is 38.5 Å². The molecule has 6 heteroatoms. The van der Waals surface area contributed by atoms with Crippen molar-refractivity contribution in [1.82, 2.24) is 5.32 Å². The van der Waals surface area contributed by atoms with E-state index in [1.165, 1.54) is 321 Å². The van der Waals surface area contributed by atoms with E-state index in [2.05, 4.69) is 31.3 Å². The highest BCUT2D eigenvalue weighted by Crippen LogP contribution is 2.19. The van der Waals surface area contributed by atoms with Gasteiger partial charge in [0.2, 0.25) is 5.91 Å². The summed E-state index contributed by atoms with van der Waals surface area (Å²) in [5, 5.41) is 23.4. The number of hydrogen-bond acceptors (Lipinski definition) is 5. The third kappa shape index (κ3) is 61.7. The van der Waals surface area contributed by atoms with Crippen LogP contribution in [0.1, 0.15) is 393 Å². The normalized spacial score (nSPS) is 12.5. The Balaban J connectivity index is 3.40. The summed E-state index contributed by atoms with van der Waals surface area (Å²) in [7, 11) is 0. The Kier molecular flexibility index (Phi) is 63.9. The fraction of sp³-hybridized carbons (Fsp3) is 0.942. The monoisotopic (exact) mass is 1060 g/mol. The molecule has 0 saturated heterocycles. The molecule has 0 spiro atoms. The second-order valence-corrected chi connectivity index (χ2v) is 23.9. The van der Waals surface area contributed by atoms with Crippen molar-refractivity contribution >= 4 is 11.9 Å². The molecule has 0 aromatic carbocycles. The predicted octanol–water partition coefficient (Wildman–Crippen LogP) is 22.0. The Morgan fingerprint density at radius 2 is 0.627 bits per heavy atom. The lowest BCUT2D eigenvalue weighted by atomic mass is 10.0. The summed E-state index contributed by atoms with van der Waals surface area (Å²) in [6.07, 6.45) is 79.6. The number of aliphatic hydroxyl groups is 2. The number of aliphatic hydroxyl groups excluding tert-OH is 2. The van der Waals surface area contributed by atoms with Crippen LogP contribution in [-0.4, -0.2) is 47.4 Å². The van der Waals surface area contributed by atoms with Crippen LogP contribution in [-0.2, 0) is 14.3 Å². The number of carbonyl (C=O) groups excluding carboxylic acids is 2. The van der Waals surface area contributed by atoms with Crippen LogP contribution < -0.4 is 5.32 Å². The van der Waals surface area contributed by atoms with Crippen molar-refractivity contribution in [1.29, 1.82) is 0 Å². The van der Waals surface area contributed by atoms with Crippen molar-refractivity contribution in [3.05, 3.63) is 12.2 Å². The van der Waals surface area contributed by atoms with Gasteiger partial charge in [-0.3, -0.25) is 9.59 Å². The Labute approximate surface area is 469 Å². The van der Waals surface area contributed by atoms with Crippen LogP contribution in [0.5, 0.6) is 0 Å². The third-order valence-corrected chi connectivity index (χ3v) is 16.3. The predicted molar refractivity (Wildman–Crippen MR) is 329 cm³/mol. The summed E-state index contributed by atoms with van der Waals surface area (Å²) in [6.45, 7) is 4.99. The van der Waals surface area contributed by atoms with Crippen LogP contribution in [0.15, 0.2) is 12.2 Å². The molecule has 0 aliphatic carbocycles. The first-order chi connectivity index (χ1) is 37.0. The number of esters is 1. The van der Waals surface area contributed by atoms with E-state index in [1.54, 1.807) is 0 Å². The first kappa shape index (κ1) is 73.6. The molecular weight excluding hydrogens is 923 g/mol. The van der Waals surface area contributed by atoms with Gasteiger partial charge in [0, 0.05) is 12.8 Å². The van der Waals surface area contributed by atoms with E-state index in [-0.39, 0.29) is 18.5 Å². The van der Waals surface area contributed by atoms with E-state index >= 15 is 0 Å². The summed E-state index contributed by atoms with van der Waals surface area (Å²) in [6, 6.07) is -0.547. The molecule has 0 heterocycles. The molecule has 2 atom stereocenters. The van der Waals surface area contributed by atoms with Crippen molar-refractivity contribution in [3.8, 4) is 0 Å². The molecule has 446 valence electrons. The quantitative estimate of drug-likeness (QED) is 0.0320. The minimum absolute atomic E-state index is 0.0129. The number of ether oxygens (including phenoxy) is 1. The standard InChI is InChI=1S/C69H135NO5/c1-3-5-7-9-11-13-15-17-19-21-22-24-27-30-33-37-41-45-49-53-57-61-67(72)66(65-71)70-68(73)62-58-54-50-46-42-38-34-31-28-25-23-26-29-32-36-40-44-48-52-56-60-64-75-69(74)63-59-55-51-47-43-39-35-20-18-16-14-12-10-8-6-4-2/h25,28,66-67,71-72H,3-24,26-27,29-65H2,1-2H3,(H,70,73)/b28-25-. The van der Waals surface area contributed by atoms with Gasteiger partial charge >= 0.3 is 5.97 Å². The number of carbonyl (C=O) groups is 2. The van der Waals surface area contributed by atoms with Gasteiger partial charge in [0.25, 0.3) is 0 Å². The highest BCUT2D eigenvalue weighted by molar-refractivity contribution is 5.76. The Bertz CT molecular complexity index is 1130. The second-order valence-electron chi connectivity index (χ2n) is 23.9. The molecule has 6 nitrogen and oxygen atoms in total. The van der Waals surface area contributed by atoms with Gasteiger partial charge < -0.3 is 20.3 Å². The summed E-state index contributed by atoms with van der Waals surface area (Å²) in [5.74, 6) is -0.0252. The van der Waals surface area contributed by atoms with E-state index in [4.69, 9.17) is 4.74 Å². The molecule has 1 amide bonds. The van der Waals surface area contributed by atoms with Crippen LogP contribution in [0.4, 0.5) is 0 Å². The summed E-state index contributed by atoms with van der Waals surface area (Å²) in [4.78, 5) is 24.6. The Hall–Kier alpha value is -1.40. The van der Waals surface area contributed by atoms with E-state index in [9.17, 15) is 19.8 Å². The van der Waals surface area contributed by atoms with Gasteiger partial charge in [0.05, 0.1) is 25.4 Å². The van der Waals surface area contributed by atoms with Gasteiger partial charge in [-0.05, 0) is 51.4 Å². The lowest BCUT2D eigenvalue weighted by Crippen LogP contribution is -2.45. The van der Waals surface area contributed by atoms with Crippen molar-refractivity contribution in [2.75, 3.05) is 13.2 Å². The lowest BCUT2D eigenvalue weighted by molar-refractivity contribution is -0.143. The van der Waals surface area contributed by atoms with Crippen LogP contribution in [0.25, 0.3) is 0 Å². The number of allylic oxidation sites excluding steroid dienone is 2. The average molecular weight is 1060 g/mol. The Morgan fingerprint density at radius 3 is 0.947 bits per heavy atom. The van der Waals surface area contributed by atoms with Crippen LogP contribution in [0, 0.1) is 0 Å². The van der Waals surface area contributed by atoms with Crippen molar-refractivity contribution < 1.29 is 24.5 Å². The van der Waals surface area contributed by atoms with Gasteiger partial charge in [0.15, 0.2) is 0 Å². The minimum Gasteiger partial charge on any atom is -0.466 e. The van der Waals surface area contributed by atoms with E-state index in [0.29, 0.717) is 25.9 Å². The minimum atomic E-state index is -0.670. The molecule has 0 aliphatic heterocycles. The zero-order valence-electron chi connectivity index (χ0n) is 51.1. The largest absolute Gasteiger partial charge is 0.466 e. The smallest absolute Gasteiger partial charge is 0.305 e. The highest BCUT2D eigenvalue weighted by atomic mass is 16.5. The molecular formula is C69H135NO5. The fourth-order valence-electron chi connectivity index (χ4n) is 11.1. The van der Waals surface area contributed by atoms with Crippen LogP contribution in [0.3, 0.4) is 0 Å². The lowest BCUT2D eigenvalue weighted by Gasteiger charge is -2.22. The van der Waals surface area contributed by atoms with Gasteiger partial charge in [-0.1, -0.05) is 341 Å². The maximum atomic E-state index is 12.5. The molecule has 0 aromatic rings. The molecule has 75 heavy (non-hydrogen) atoms. The highest BCUT2D eigenvalue weighted by Gasteiger charge is 2.20. The zero-order chi connectivity index (χ0) is 54.3. The van der Waals surface area contributed by atoms with E-state index in [1.807, 2.05) is 0 Å². The topological polar surface area (TPSA) is 95.9 Å².